The number of hydrogen-bond donors (Lipinski definition) is 2. The number of carbonyl (C=O) groups excluding carboxylic acids is 1. The van der Waals surface area contributed by atoms with Crippen molar-refractivity contribution in [3.05, 3.63) is 11.3 Å². The molecule has 0 spiro atoms. The van der Waals surface area contributed by atoms with E-state index in [0.29, 0.717) is 24.2 Å². The van der Waals surface area contributed by atoms with Crippen LogP contribution in [0, 0.1) is 0 Å². The number of ketones is 1. The molecule has 0 saturated carbocycles. The highest BCUT2D eigenvalue weighted by molar-refractivity contribution is 6.01. The number of hydrogen-bond acceptors (Lipinski definition) is 5. The van der Waals surface area contributed by atoms with E-state index >= 15 is 0 Å². The van der Waals surface area contributed by atoms with E-state index in [2.05, 4.69) is 6.92 Å². The van der Waals surface area contributed by atoms with Gasteiger partial charge in [0.25, 0.3) is 0 Å². The van der Waals surface area contributed by atoms with Crippen LogP contribution in [0.5, 0.6) is 0 Å². The zero-order valence-corrected chi connectivity index (χ0v) is 12.5. The van der Waals surface area contributed by atoms with Crippen molar-refractivity contribution in [1.82, 2.24) is 0 Å². The lowest BCUT2D eigenvalue weighted by molar-refractivity contribution is -0.125. The molecule has 5 atom stereocenters. The number of aliphatic hydroxyl groups is 2. The van der Waals surface area contributed by atoms with Crippen LogP contribution in [0.15, 0.2) is 11.3 Å². The number of Topliss-reactive ketones (excluding diaryl/α,β-unsaturated/α-hetero) is 1. The largest absolute Gasteiger partial charge is 0.488 e. The van der Waals surface area contributed by atoms with Crippen molar-refractivity contribution in [3.8, 4) is 0 Å². The van der Waals surface area contributed by atoms with Crippen molar-refractivity contribution >= 4 is 5.78 Å². The fourth-order valence-electron chi connectivity index (χ4n) is 3.55. The van der Waals surface area contributed by atoms with Gasteiger partial charge in [-0.15, -0.1) is 0 Å². The third-order valence-electron chi connectivity index (χ3n) is 4.76. The summed E-state index contributed by atoms with van der Waals surface area (Å²) >= 11 is 0. The van der Waals surface area contributed by atoms with Gasteiger partial charge in [-0.05, 0) is 12.8 Å². The lowest BCUT2D eigenvalue weighted by atomic mass is 9.90. The first kappa shape index (κ1) is 15.0. The second kappa shape index (κ2) is 6.07. The first-order valence-corrected chi connectivity index (χ1v) is 8.09. The van der Waals surface area contributed by atoms with Gasteiger partial charge < -0.3 is 19.7 Å². The Kier molecular flexibility index (Phi) is 4.33. The number of ether oxygens (including phenoxy) is 2. The predicted octanol–water partition coefficient (Wildman–Crippen LogP) is 1.46. The van der Waals surface area contributed by atoms with E-state index in [1.54, 1.807) is 0 Å². The van der Waals surface area contributed by atoms with Gasteiger partial charge >= 0.3 is 0 Å². The maximum Gasteiger partial charge on any atom is 0.193 e. The summed E-state index contributed by atoms with van der Waals surface area (Å²) in [4.78, 5) is 12.1. The highest BCUT2D eigenvalue weighted by Crippen LogP contribution is 2.43. The summed E-state index contributed by atoms with van der Waals surface area (Å²) in [5, 5.41) is 20.1. The molecule has 1 saturated heterocycles. The van der Waals surface area contributed by atoms with Crippen LogP contribution in [0.1, 0.15) is 51.9 Å². The van der Waals surface area contributed by atoms with E-state index in [1.165, 1.54) is 12.8 Å². The van der Waals surface area contributed by atoms with Gasteiger partial charge in [-0.2, -0.15) is 0 Å². The van der Waals surface area contributed by atoms with Crippen molar-refractivity contribution in [2.75, 3.05) is 0 Å². The van der Waals surface area contributed by atoms with Crippen LogP contribution in [0.2, 0.25) is 0 Å². The third-order valence-corrected chi connectivity index (χ3v) is 4.76. The van der Waals surface area contributed by atoms with E-state index in [1.807, 2.05) is 0 Å². The number of aliphatic hydroxyl groups excluding tert-OH is 2. The first-order valence-electron chi connectivity index (χ1n) is 8.09. The fraction of sp³-hybridized carbons (Fsp3) is 0.812. The fourth-order valence-corrected chi connectivity index (χ4v) is 3.55. The van der Waals surface area contributed by atoms with Crippen LogP contribution >= 0.6 is 0 Å². The third kappa shape index (κ3) is 2.62. The molecule has 0 bridgehead atoms. The number of fused-ring (bicyclic) bond motifs is 2. The Labute approximate surface area is 124 Å². The Morgan fingerprint density at radius 1 is 1.24 bits per heavy atom. The lowest BCUT2D eigenvalue weighted by Gasteiger charge is -2.21. The molecule has 118 valence electrons. The van der Waals surface area contributed by atoms with Crippen LogP contribution in [0.3, 0.4) is 0 Å². The molecule has 3 rings (SSSR count). The molecule has 2 N–H and O–H groups in total. The average Bonchev–Trinajstić information content (AvgIpc) is 2.97. The van der Waals surface area contributed by atoms with Gasteiger partial charge in [0, 0.05) is 6.42 Å². The maximum atomic E-state index is 12.1. The molecular weight excluding hydrogens is 272 g/mol. The summed E-state index contributed by atoms with van der Waals surface area (Å²) in [6.07, 6.45) is 3.37. The Balaban J connectivity index is 1.64. The molecule has 0 aromatic rings. The summed E-state index contributed by atoms with van der Waals surface area (Å²) in [6.45, 7) is 2.16. The molecular formula is C16H24O5. The minimum atomic E-state index is -0.949. The van der Waals surface area contributed by atoms with Gasteiger partial charge in [-0.25, -0.2) is 0 Å². The smallest absolute Gasteiger partial charge is 0.193 e. The summed E-state index contributed by atoms with van der Waals surface area (Å²) in [5.41, 5.74) is 0.467. The number of allylic oxidation sites excluding steroid dienone is 1. The Morgan fingerprint density at radius 2 is 2.05 bits per heavy atom. The molecule has 3 aliphatic rings. The van der Waals surface area contributed by atoms with Crippen LogP contribution in [-0.2, 0) is 14.3 Å². The molecule has 0 amide bonds. The highest BCUT2D eigenvalue weighted by Gasteiger charge is 2.54. The van der Waals surface area contributed by atoms with Gasteiger partial charge in [-0.3, -0.25) is 4.79 Å². The topological polar surface area (TPSA) is 76.0 Å². The molecule has 1 aliphatic carbocycles. The van der Waals surface area contributed by atoms with E-state index in [0.717, 1.165) is 19.3 Å². The number of unbranched alkanes of at least 4 members (excludes halogenated alkanes) is 3. The predicted molar refractivity (Wildman–Crippen MR) is 75.6 cm³/mol. The van der Waals surface area contributed by atoms with Crippen LogP contribution in [0.25, 0.3) is 0 Å². The van der Waals surface area contributed by atoms with Crippen LogP contribution in [0.4, 0.5) is 0 Å². The second-order valence-electron chi connectivity index (χ2n) is 6.27. The van der Waals surface area contributed by atoms with Gasteiger partial charge in [0.1, 0.15) is 24.1 Å². The molecule has 1 fully saturated rings. The van der Waals surface area contributed by atoms with Crippen molar-refractivity contribution < 1.29 is 24.5 Å². The summed E-state index contributed by atoms with van der Waals surface area (Å²) in [7, 11) is 0. The van der Waals surface area contributed by atoms with Gasteiger partial charge in [0.15, 0.2) is 11.9 Å². The quantitative estimate of drug-likeness (QED) is 0.751. The van der Waals surface area contributed by atoms with Crippen LogP contribution in [-0.4, -0.2) is 46.5 Å². The minimum absolute atomic E-state index is 0.266. The van der Waals surface area contributed by atoms with E-state index in [9.17, 15) is 15.0 Å². The summed E-state index contributed by atoms with van der Waals surface area (Å²) in [6, 6.07) is 0. The Hall–Kier alpha value is -0.910. The normalized spacial score (nSPS) is 38.4. The van der Waals surface area contributed by atoms with Crippen molar-refractivity contribution in [2.45, 2.75) is 82.4 Å². The Bertz CT molecular complexity index is 444. The molecule has 2 heterocycles. The molecule has 0 aromatic carbocycles. The van der Waals surface area contributed by atoms with Gasteiger partial charge in [0.2, 0.25) is 0 Å². The number of rotatable bonds is 5. The van der Waals surface area contributed by atoms with Gasteiger partial charge in [0.05, 0.1) is 11.7 Å². The van der Waals surface area contributed by atoms with Gasteiger partial charge in [-0.1, -0.05) is 32.6 Å². The monoisotopic (exact) mass is 296 g/mol. The molecule has 0 unspecified atom stereocenters. The molecule has 21 heavy (non-hydrogen) atoms. The molecule has 0 aromatic heterocycles. The minimum Gasteiger partial charge on any atom is -0.488 e. The SMILES string of the molecule is CCCCCC[C@@H]1O[C@@H]2C3=C(CC[C@@H](O)C3=O)O[C@@H]2[C@@H]1O. The zero-order valence-electron chi connectivity index (χ0n) is 12.5. The molecule has 5 nitrogen and oxygen atoms in total. The number of carbonyl (C=O) groups is 1. The van der Waals surface area contributed by atoms with Crippen molar-refractivity contribution in [2.24, 2.45) is 0 Å². The van der Waals surface area contributed by atoms with Crippen molar-refractivity contribution in [1.29, 1.82) is 0 Å². The zero-order chi connectivity index (χ0) is 15.0. The Morgan fingerprint density at radius 3 is 2.81 bits per heavy atom. The van der Waals surface area contributed by atoms with E-state index in [-0.39, 0.29) is 11.9 Å². The maximum absolute atomic E-state index is 12.1. The lowest BCUT2D eigenvalue weighted by Crippen LogP contribution is -2.33. The molecule has 0 radical (unpaired) electrons. The first-order chi connectivity index (χ1) is 10.1. The highest BCUT2D eigenvalue weighted by atomic mass is 16.6. The average molecular weight is 296 g/mol. The van der Waals surface area contributed by atoms with Crippen molar-refractivity contribution in [3.63, 3.8) is 0 Å². The molecule has 2 aliphatic heterocycles. The standard InChI is InChI=1S/C16H24O5/c1-2-3-4-5-6-11-14(19)16-15(21-11)12-10(20-16)8-7-9(17)13(12)18/h9,11,14-17,19H,2-8H2,1H3/t9-,11+,14-,15-,16-/m1/s1. The summed E-state index contributed by atoms with van der Waals surface area (Å²) in [5.74, 6) is 0.325. The van der Waals surface area contributed by atoms with Crippen LogP contribution < -0.4 is 0 Å². The molecule has 5 heteroatoms. The van der Waals surface area contributed by atoms with E-state index in [4.69, 9.17) is 9.47 Å². The van der Waals surface area contributed by atoms with E-state index < -0.39 is 24.4 Å². The summed E-state index contributed by atoms with van der Waals surface area (Å²) < 4.78 is 11.7. The second-order valence-corrected chi connectivity index (χ2v) is 6.27.